The minimum Gasteiger partial charge on any atom is -0.375 e. The maximum atomic E-state index is 6.06. The normalized spacial score (nSPS) is 54.8. The topological polar surface area (TPSA) is 9.23 Å². The summed E-state index contributed by atoms with van der Waals surface area (Å²) in [5.41, 5.74) is 0.852. The maximum Gasteiger partial charge on any atom is 0.0688 e. The highest BCUT2D eigenvalue weighted by Gasteiger charge is 2.56. The molecule has 1 aliphatic heterocycles. The Morgan fingerprint density at radius 1 is 1.00 bits per heavy atom. The van der Waals surface area contributed by atoms with Crippen LogP contribution in [0.15, 0.2) is 0 Å². The monoisotopic (exact) mass is 208 g/mol. The molecule has 3 fully saturated rings. The lowest BCUT2D eigenvalue weighted by molar-refractivity contribution is -0.114. The van der Waals surface area contributed by atoms with E-state index in [1.165, 1.54) is 44.9 Å². The van der Waals surface area contributed by atoms with Gasteiger partial charge in [0.1, 0.15) is 0 Å². The zero-order valence-corrected chi connectivity index (χ0v) is 10.2. The summed E-state index contributed by atoms with van der Waals surface area (Å²) in [6.07, 6.45) is 9.94. The third kappa shape index (κ3) is 1.32. The van der Waals surface area contributed by atoms with Gasteiger partial charge in [-0.05, 0) is 56.3 Å². The fourth-order valence-electron chi connectivity index (χ4n) is 4.91. The lowest BCUT2D eigenvalue weighted by Crippen LogP contribution is -2.51. The second-order valence-corrected chi connectivity index (χ2v) is 6.49. The van der Waals surface area contributed by atoms with Crippen LogP contribution in [0.3, 0.4) is 0 Å². The third-order valence-corrected chi connectivity index (χ3v) is 5.81. The summed E-state index contributed by atoms with van der Waals surface area (Å²) in [7, 11) is 0. The first kappa shape index (κ1) is 10.1. The Morgan fingerprint density at radius 2 is 1.87 bits per heavy atom. The van der Waals surface area contributed by atoms with Crippen molar-refractivity contribution in [2.45, 2.75) is 64.4 Å². The highest BCUT2D eigenvalue weighted by molar-refractivity contribution is 5.06. The van der Waals surface area contributed by atoms with Gasteiger partial charge >= 0.3 is 0 Å². The van der Waals surface area contributed by atoms with E-state index in [1.807, 2.05) is 0 Å². The lowest BCUT2D eigenvalue weighted by Gasteiger charge is -2.55. The molecule has 3 rings (SSSR count). The molecule has 0 spiro atoms. The van der Waals surface area contributed by atoms with Crippen molar-refractivity contribution in [2.75, 3.05) is 6.61 Å². The predicted octanol–water partition coefficient (Wildman–Crippen LogP) is 3.77. The van der Waals surface area contributed by atoms with E-state index in [4.69, 9.17) is 4.74 Å². The molecule has 0 radical (unpaired) electrons. The van der Waals surface area contributed by atoms with Crippen molar-refractivity contribution in [3.63, 3.8) is 0 Å². The molecular weight excluding hydrogens is 184 g/mol. The van der Waals surface area contributed by atoms with Crippen molar-refractivity contribution in [1.29, 1.82) is 0 Å². The van der Waals surface area contributed by atoms with E-state index in [2.05, 4.69) is 13.8 Å². The summed E-state index contributed by atoms with van der Waals surface area (Å²) in [6, 6.07) is 0. The van der Waals surface area contributed by atoms with Gasteiger partial charge in [-0.15, -0.1) is 0 Å². The Morgan fingerprint density at radius 3 is 2.73 bits per heavy atom. The molecule has 0 amide bonds. The molecule has 1 heterocycles. The summed E-state index contributed by atoms with van der Waals surface area (Å²) >= 11 is 0. The molecule has 0 bridgehead atoms. The first-order chi connectivity index (χ1) is 7.15. The van der Waals surface area contributed by atoms with Crippen LogP contribution < -0.4 is 0 Å². The molecule has 2 saturated carbocycles. The number of hydrogen-bond donors (Lipinski definition) is 0. The molecule has 0 aromatic rings. The average molecular weight is 208 g/mol. The van der Waals surface area contributed by atoms with Crippen LogP contribution in [0.4, 0.5) is 0 Å². The second kappa shape index (κ2) is 3.23. The van der Waals surface area contributed by atoms with Crippen LogP contribution in [0, 0.1) is 17.3 Å². The van der Waals surface area contributed by atoms with Gasteiger partial charge in [0.15, 0.2) is 0 Å². The Kier molecular flexibility index (Phi) is 2.18. The molecule has 0 unspecified atom stereocenters. The van der Waals surface area contributed by atoms with Crippen LogP contribution >= 0.6 is 0 Å². The van der Waals surface area contributed by atoms with Crippen LogP contribution in [-0.4, -0.2) is 12.2 Å². The number of hydrogen-bond acceptors (Lipinski definition) is 1. The van der Waals surface area contributed by atoms with Crippen LogP contribution in [0.25, 0.3) is 0 Å². The van der Waals surface area contributed by atoms with E-state index in [0.29, 0.717) is 5.41 Å². The molecule has 0 aromatic carbocycles. The number of rotatable bonds is 0. The molecule has 3 aliphatic rings. The van der Waals surface area contributed by atoms with Crippen molar-refractivity contribution in [3.05, 3.63) is 0 Å². The van der Waals surface area contributed by atoms with Crippen LogP contribution in [0.5, 0.6) is 0 Å². The Labute approximate surface area is 93.6 Å². The van der Waals surface area contributed by atoms with Crippen LogP contribution in [-0.2, 0) is 4.74 Å². The first-order valence-electron chi connectivity index (χ1n) is 6.79. The standard InChI is InChI=1S/C14H24O/c1-13-8-4-3-5-11(13)6-9-14(2)12(13)7-10-15-14/h11-12H,3-10H2,1-2H3/t11-,12-,13+,14-/m0/s1. The second-order valence-electron chi connectivity index (χ2n) is 6.49. The largest absolute Gasteiger partial charge is 0.375 e. The predicted molar refractivity (Wildman–Crippen MR) is 61.8 cm³/mol. The summed E-state index contributed by atoms with van der Waals surface area (Å²) < 4.78 is 6.06. The summed E-state index contributed by atoms with van der Waals surface area (Å²) in [4.78, 5) is 0. The summed E-state index contributed by atoms with van der Waals surface area (Å²) in [5.74, 6) is 1.86. The Hall–Kier alpha value is -0.0400. The molecule has 86 valence electrons. The van der Waals surface area contributed by atoms with E-state index in [9.17, 15) is 0 Å². The number of fused-ring (bicyclic) bond motifs is 3. The zero-order chi connectivity index (χ0) is 10.5. The van der Waals surface area contributed by atoms with Crippen molar-refractivity contribution >= 4 is 0 Å². The van der Waals surface area contributed by atoms with Crippen molar-refractivity contribution in [2.24, 2.45) is 17.3 Å². The van der Waals surface area contributed by atoms with Gasteiger partial charge in [-0.2, -0.15) is 0 Å². The van der Waals surface area contributed by atoms with E-state index < -0.39 is 0 Å². The zero-order valence-electron chi connectivity index (χ0n) is 10.2. The van der Waals surface area contributed by atoms with E-state index in [0.717, 1.165) is 18.4 Å². The molecule has 4 atom stereocenters. The first-order valence-corrected chi connectivity index (χ1v) is 6.79. The van der Waals surface area contributed by atoms with E-state index in [1.54, 1.807) is 0 Å². The molecule has 15 heavy (non-hydrogen) atoms. The van der Waals surface area contributed by atoms with Crippen LogP contribution in [0.2, 0.25) is 0 Å². The highest BCUT2D eigenvalue weighted by Crippen LogP contribution is 2.60. The molecule has 1 saturated heterocycles. The molecule has 0 N–H and O–H groups in total. The summed E-state index contributed by atoms with van der Waals surface area (Å²) in [5, 5.41) is 0. The third-order valence-electron chi connectivity index (χ3n) is 5.81. The molecular formula is C14H24O. The molecule has 0 aromatic heterocycles. The molecule has 2 aliphatic carbocycles. The summed E-state index contributed by atoms with van der Waals surface area (Å²) in [6.45, 7) is 5.96. The van der Waals surface area contributed by atoms with Gasteiger partial charge in [-0.25, -0.2) is 0 Å². The molecule has 1 nitrogen and oxygen atoms in total. The van der Waals surface area contributed by atoms with Crippen molar-refractivity contribution < 1.29 is 4.74 Å². The Balaban J connectivity index is 1.93. The van der Waals surface area contributed by atoms with E-state index in [-0.39, 0.29) is 5.60 Å². The van der Waals surface area contributed by atoms with Crippen LogP contribution in [0.1, 0.15) is 58.8 Å². The lowest BCUT2D eigenvalue weighted by atomic mass is 9.51. The minimum absolute atomic E-state index is 0.239. The SMILES string of the molecule is C[C@@]12CCCC[C@H]1CC[C@]1(C)OCC[C@@H]21. The van der Waals surface area contributed by atoms with Crippen molar-refractivity contribution in [1.82, 2.24) is 0 Å². The number of ether oxygens (including phenoxy) is 1. The van der Waals surface area contributed by atoms with Gasteiger partial charge in [0, 0.05) is 6.61 Å². The van der Waals surface area contributed by atoms with Gasteiger partial charge in [0.05, 0.1) is 5.60 Å². The molecule has 1 heteroatoms. The van der Waals surface area contributed by atoms with E-state index >= 15 is 0 Å². The van der Waals surface area contributed by atoms with Gasteiger partial charge in [-0.3, -0.25) is 0 Å². The quantitative estimate of drug-likeness (QED) is 0.589. The van der Waals surface area contributed by atoms with Gasteiger partial charge < -0.3 is 4.74 Å². The maximum absolute atomic E-state index is 6.06. The van der Waals surface area contributed by atoms with Gasteiger partial charge in [0.25, 0.3) is 0 Å². The smallest absolute Gasteiger partial charge is 0.0688 e. The van der Waals surface area contributed by atoms with Crippen molar-refractivity contribution in [3.8, 4) is 0 Å². The van der Waals surface area contributed by atoms with Gasteiger partial charge in [-0.1, -0.05) is 19.8 Å². The fraction of sp³-hybridized carbons (Fsp3) is 1.00. The van der Waals surface area contributed by atoms with Gasteiger partial charge in [0.2, 0.25) is 0 Å². The minimum atomic E-state index is 0.239. The average Bonchev–Trinajstić information content (AvgIpc) is 2.61. The Bertz CT molecular complexity index is 262. The fourth-order valence-corrected chi connectivity index (χ4v) is 4.91. The highest BCUT2D eigenvalue weighted by atomic mass is 16.5.